The number of likely N-dealkylation sites (tertiary alicyclic amines) is 1. The van der Waals surface area contributed by atoms with Crippen molar-refractivity contribution in [3.63, 3.8) is 0 Å². The van der Waals surface area contributed by atoms with Crippen LogP contribution in [0.3, 0.4) is 0 Å². The summed E-state index contributed by atoms with van der Waals surface area (Å²) < 4.78 is -0.817. The zero-order chi connectivity index (χ0) is 32.5. The lowest BCUT2D eigenvalue weighted by Gasteiger charge is -2.42. The van der Waals surface area contributed by atoms with Gasteiger partial charge in [0.1, 0.15) is 6.04 Å². The fraction of sp³-hybridized carbons (Fsp3) is 0.472. The van der Waals surface area contributed by atoms with E-state index in [9.17, 15) is 19.5 Å². The number of rotatable bonds is 13. The molecule has 2 aromatic carbocycles. The molecular formula is C36H44ClN3O4S. The second-order valence-electron chi connectivity index (χ2n) is 13.0. The van der Waals surface area contributed by atoms with Crippen LogP contribution in [0, 0.1) is 23.7 Å². The minimum Gasteiger partial charge on any atom is -0.394 e. The average molecular weight is 650 g/mol. The van der Waals surface area contributed by atoms with Crippen molar-refractivity contribution in [2.75, 3.05) is 24.6 Å². The van der Waals surface area contributed by atoms with Gasteiger partial charge in [-0.15, -0.1) is 24.9 Å². The molecule has 2 aromatic rings. The number of thioether (sulfide) groups is 1. The van der Waals surface area contributed by atoms with Crippen molar-refractivity contribution < 1.29 is 19.5 Å². The van der Waals surface area contributed by atoms with Gasteiger partial charge in [0, 0.05) is 35.6 Å². The number of amides is 3. The van der Waals surface area contributed by atoms with Gasteiger partial charge in [0.25, 0.3) is 5.91 Å². The molecular weight excluding hydrogens is 606 g/mol. The third kappa shape index (κ3) is 5.97. The van der Waals surface area contributed by atoms with E-state index in [2.05, 4.69) is 20.1 Å². The van der Waals surface area contributed by atoms with E-state index in [0.29, 0.717) is 30.2 Å². The van der Waals surface area contributed by atoms with E-state index >= 15 is 0 Å². The van der Waals surface area contributed by atoms with Gasteiger partial charge in [0.2, 0.25) is 11.8 Å². The standard InChI is InChI=1S/C36H44ClN3O4S/c1-6-17-38(21-25-11-9-8-10-12-25)33(42)30-29-20-24(5)36(45-29)31(30)34(43)40(28(22-41)19-23(3)4)32(36)35(44)39(18-7-2)27-15-13-26(37)14-16-27/h6-16,23-24,28-32,41H,1-2,17-22H2,3-5H3/t24?,28-,29-,30+,31+,32?,36?/m1/s1. The van der Waals surface area contributed by atoms with Crippen LogP contribution in [0.15, 0.2) is 79.9 Å². The molecule has 1 spiro atoms. The lowest BCUT2D eigenvalue weighted by Crippen LogP contribution is -2.59. The Morgan fingerprint density at radius 1 is 1.09 bits per heavy atom. The summed E-state index contributed by atoms with van der Waals surface area (Å²) in [4.78, 5) is 49.4. The van der Waals surface area contributed by atoms with Crippen molar-refractivity contribution in [3.8, 4) is 0 Å². The Kier molecular flexibility index (Phi) is 10.2. The van der Waals surface area contributed by atoms with Crippen molar-refractivity contribution in [3.05, 3.63) is 90.5 Å². The number of hydrogen-bond donors (Lipinski definition) is 1. The maximum atomic E-state index is 15.0. The number of benzene rings is 2. The highest BCUT2D eigenvalue weighted by molar-refractivity contribution is 8.02. The largest absolute Gasteiger partial charge is 0.394 e. The molecule has 0 radical (unpaired) electrons. The fourth-order valence-electron chi connectivity index (χ4n) is 7.86. The van der Waals surface area contributed by atoms with E-state index in [4.69, 9.17) is 11.6 Å². The SMILES string of the molecule is C=CCN(Cc1ccccc1)C(=O)[C@@H]1[C@H]2C(=O)N([C@@H](CO)CC(C)C)C(C(=O)N(CC=C)c3ccc(Cl)cc3)C23S[C@@H]1CC3C. The first-order valence-corrected chi connectivity index (χ1v) is 17.1. The van der Waals surface area contributed by atoms with Gasteiger partial charge in [0.05, 0.1) is 29.2 Å². The van der Waals surface area contributed by atoms with Crippen molar-refractivity contribution >= 4 is 46.8 Å². The van der Waals surface area contributed by atoms with Crippen molar-refractivity contribution in [1.82, 2.24) is 9.80 Å². The van der Waals surface area contributed by atoms with E-state index in [1.165, 1.54) is 0 Å². The molecule has 3 fully saturated rings. The monoisotopic (exact) mass is 649 g/mol. The van der Waals surface area contributed by atoms with Crippen molar-refractivity contribution in [1.29, 1.82) is 0 Å². The lowest BCUT2D eigenvalue weighted by molar-refractivity contribution is -0.146. The molecule has 240 valence electrons. The maximum absolute atomic E-state index is 15.0. The normalized spacial score (nSPS) is 27.4. The van der Waals surface area contributed by atoms with Gasteiger partial charge in [-0.2, -0.15) is 0 Å². The Bertz CT molecular complexity index is 1420. The fourth-order valence-corrected chi connectivity index (χ4v) is 10.4. The lowest BCUT2D eigenvalue weighted by atomic mass is 9.65. The smallest absolute Gasteiger partial charge is 0.251 e. The molecule has 3 unspecified atom stereocenters. The summed E-state index contributed by atoms with van der Waals surface area (Å²) in [6.07, 6.45) is 4.66. The first kappa shape index (κ1) is 33.3. The Balaban J connectivity index is 1.60. The summed E-state index contributed by atoms with van der Waals surface area (Å²) in [5, 5.41) is 11.2. The highest BCUT2D eigenvalue weighted by Crippen LogP contribution is 2.69. The molecule has 3 saturated heterocycles. The predicted octanol–water partition coefficient (Wildman–Crippen LogP) is 5.82. The number of hydrogen-bond acceptors (Lipinski definition) is 5. The minimum absolute atomic E-state index is 0.000574. The van der Waals surface area contributed by atoms with Gasteiger partial charge >= 0.3 is 0 Å². The predicted molar refractivity (Wildman–Crippen MR) is 182 cm³/mol. The molecule has 1 N–H and O–H groups in total. The van der Waals surface area contributed by atoms with Gasteiger partial charge in [-0.3, -0.25) is 14.4 Å². The first-order valence-electron chi connectivity index (χ1n) is 15.8. The van der Waals surface area contributed by atoms with Crippen LogP contribution in [0.5, 0.6) is 0 Å². The number of carbonyl (C=O) groups is 3. The second kappa shape index (κ2) is 13.7. The average Bonchev–Trinajstić information content (AvgIpc) is 3.62. The summed E-state index contributed by atoms with van der Waals surface area (Å²) in [5.41, 5.74) is 1.65. The molecule has 9 heteroatoms. The minimum atomic E-state index is -0.855. The molecule has 3 heterocycles. The highest BCUT2D eigenvalue weighted by atomic mass is 35.5. The number of aliphatic hydroxyl groups excluding tert-OH is 1. The van der Waals surface area contributed by atoms with Crippen LogP contribution in [-0.2, 0) is 20.9 Å². The third-order valence-electron chi connectivity index (χ3n) is 9.64. The van der Waals surface area contributed by atoms with Crippen LogP contribution in [0.1, 0.15) is 39.2 Å². The molecule has 5 rings (SSSR count). The zero-order valence-electron chi connectivity index (χ0n) is 26.3. The van der Waals surface area contributed by atoms with Gasteiger partial charge in [-0.05, 0) is 54.5 Å². The number of halogens is 1. The molecule has 7 atom stereocenters. The highest BCUT2D eigenvalue weighted by Gasteiger charge is 2.77. The van der Waals surface area contributed by atoms with Gasteiger partial charge in [0.15, 0.2) is 0 Å². The van der Waals surface area contributed by atoms with Crippen LogP contribution in [0.2, 0.25) is 5.02 Å². The van der Waals surface area contributed by atoms with Crippen LogP contribution in [0.4, 0.5) is 5.69 Å². The number of carbonyl (C=O) groups excluding carboxylic acids is 3. The zero-order valence-corrected chi connectivity index (χ0v) is 27.9. The van der Waals surface area contributed by atoms with E-state index in [1.54, 1.807) is 62.9 Å². The quantitative estimate of drug-likeness (QED) is 0.277. The molecule has 7 nitrogen and oxygen atoms in total. The molecule has 3 aliphatic heterocycles. The van der Waals surface area contributed by atoms with Gasteiger partial charge in [-0.1, -0.05) is 74.9 Å². The van der Waals surface area contributed by atoms with Gasteiger partial charge in [-0.25, -0.2) is 0 Å². The molecule has 0 aromatic heterocycles. The topological polar surface area (TPSA) is 81.2 Å². The summed E-state index contributed by atoms with van der Waals surface area (Å²) in [7, 11) is 0. The molecule has 45 heavy (non-hydrogen) atoms. The number of fused-ring (bicyclic) bond motifs is 1. The third-order valence-corrected chi connectivity index (χ3v) is 12.0. The Hall–Kier alpha value is -3.07. The molecule has 0 aliphatic carbocycles. The van der Waals surface area contributed by atoms with E-state index in [1.807, 2.05) is 44.2 Å². The van der Waals surface area contributed by atoms with Crippen LogP contribution in [-0.4, -0.2) is 74.4 Å². The van der Waals surface area contributed by atoms with E-state index in [0.717, 1.165) is 12.0 Å². The van der Waals surface area contributed by atoms with Crippen LogP contribution in [0.25, 0.3) is 0 Å². The summed E-state index contributed by atoms with van der Waals surface area (Å²) in [6, 6.07) is 15.5. The summed E-state index contributed by atoms with van der Waals surface area (Å²) in [5.74, 6) is -1.60. The van der Waals surface area contributed by atoms with E-state index < -0.39 is 28.7 Å². The van der Waals surface area contributed by atoms with Crippen molar-refractivity contribution in [2.45, 2.75) is 62.2 Å². The number of anilines is 1. The van der Waals surface area contributed by atoms with Gasteiger partial charge < -0.3 is 19.8 Å². The Morgan fingerprint density at radius 2 is 1.76 bits per heavy atom. The van der Waals surface area contributed by atoms with E-state index in [-0.39, 0.29) is 48.0 Å². The molecule has 2 bridgehead atoms. The summed E-state index contributed by atoms with van der Waals surface area (Å²) >= 11 is 7.84. The number of aliphatic hydroxyl groups is 1. The first-order chi connectivity index (χ1) is 21.6. The Morgan fingerprint density at radius 3 is 2.36 bits per heavy atom. The maximum Gasteiger partial charge on any atom is 0.251 e. The van der Waals surface area contributed by atoms with Crippen molar-refractivity contribution in [2.24, 2.45) is 23.7 Å². The Labute approximate surface area is 276 Å². The molecule has 0 saturated carbocycles. The van der Waals surface area contributed by atoms with Crippen LogP contribution < -0.4 is 4.90 Å². The second-order valence-corrected chi connectivity index (χ2v) is 15.0. The summed E-state index contributed by atoms with van der Waals surface area (Å²) in [6.45, 7) is 14.7. The van der Waals surface area contributed by atoms with Crippen LogP contribution >= 0.6 is 23.4 Å². The molecule has 3 amide bonds. The number of nitrogens with zero attached hydrogens (tertiary/aromatic N) is 3. The molecule has 3 aliphatic rings.